The Labute approximate surface area is 92.1 Å². The van der Waals surface area contributed by atoms with Gasteiger partial charge in [0.2, 0.25) is 0 Å². The third-order valence-electron chi connectivity index (χ3n) is 1.60. The zero-order valence-electron chi connectivity index (χ0n) is 7.04. The molecule has 0 fully saturated rings. The maximum Gasteiger partial charge on any atom is 1.00 e. The van der Waals surface area contributed by atoms with Gasteiger partial charge < -0.3 is 9.90 Å². The summed E-state index contributed by atoms with van der Waals surface area (Å²) in [7, 11) is 0. The van der Waals surface area contributed by atoms with Crippen molar-refractivity contribution in [3.63, 3.8) is 0 Å². The van der Waals surface area contributed by atoms with Gasteiger partial charge in [-0.05, 0) is 17.5 Å². The van der Waals surface area contributed by atoms with Crippen LogP contribution in [0.3, 0.4) is 0 Å². The first kappa shape index (κ1) is 11.6. The summed E-state index contributed by atoms with van der Waals surface area (Å²) in [4.78, 5) is 10.3. The quantitative estimate of drug-likeness (QED) is 0.734. The average molecular weight is 350 g/mol. The van der Waals surface area contributed by atoms with Crippen molar-refractivity contribution in [3.8, 4) is 0 Å². The summed E-state index contributed by atoms with van der Waals surface area (Å²) in [5, 5.41) is 10.3. The van der Waals surface area contributed by atoms with Gasteiger partial charge in [-0.2, -0.15) is 0 Å². The number of aryl methyl sites for hydroxylation is 1. The molecule has 12 heavy (non-hydrogen) atoms. The predicted octanol–water partition coefficient (Wildman–Crippen LogP) is 0.610. The summed E-state index contributed by atoms with van der Waals surface area (Å²) >= 11 is 0. The predicted molar refractivity (Wildman–Crippen MR) is 40.2 cm³/mol. The van der Waals surface area contributed by atoms with Gasteiger partial charge in [-0.15, -0.1) is 0 Å². The molecule has 0 saturated carbocycles. The smallest absolute Gasteiger partial charge is 0.545 e. The summed E-state index contributed by atoms with van der Waals surface area (Å²) < 4.78 is 0. The van der Waals surface area contributed by atoms with E-state index in [0.29, 0.717) is 0 Å². The number of carboxylic acid groups (broad SMARTS) is 1. The number of hydrogen-bond donors (Lipinski definition) is 0. The van der Waals surface area contributed by atoms with Crippen LogP contribution in [-0.2, 0) is 34.1 Å². The summed E-state index contributed by atoms with van der Waals surface area (Å²) in [5.41, 5.74) is 1.37. The van der Waals surface area contributed by atoms with Crippen LogP contribution >= 0.6 is 0 Å². The monoisotopic (exact) mass is 351 g/mol. The number of carbonyl (C=O) groups is 1. The fraction of sp³-hybridized carbons (Fsp3) is 0.222. The average Bonchev–Trinajstić information content (AvgIpc) is 2.05. The van der Waals surface area contributed by atoms with E-state index in [0.717, 1.165) is 12.0 Å². The minimum atomic E-state index is -1.12. The molecule has 0 atom stereocenters. The first-order chi connectivity index (χ1) is 5.24. The molecule has 0 unspecified atom stereocenters. The van der Waals surface area contributed by atoms with Crippen LogP contribution in [0.5, 0.6) is 0 Å². The first-order valence-electron chi connectivity index (χ1n) is 3.54. The molecule has 2 nitrogen and oxygen atoms in total. The van der Waals surface area contributed by atoms with Crippen LogP contribution in [0, 0.1) is 0 Å². The van der Waals surface area contributed by atoms with Gasteiger partial charge in [0, 0.05) is 0 Å². The summed E-state index contributed by atoms with van der Waals surface area (Å²) in [6, 6.07) is 6.72. The number of carboxylic acids is 1. The fourth-order valence-electron chi connectivity index (χ4n) is 0.877. The molecular formula is C9H9HgO2. The Morgan fingerprint density at radius 1 is 1.33 bits per heavy atom. The summed E-state index contributed by atoms with van der Waals surface area (Å²) in [6.07, 6.45) is 0.924. The van der Waals surface area contributed by atoms with Crippen LogP contribution in [0.2, 0.25) is 0 Å². The molecule has 0 heterocycles. The Morgan fingerprint density at radius 2 is 1.83 bits per heavy atom. The van der Waals surface area contributed by atoms with Crippen molar-refractivity contribution >= 4 is 5.97 Å². The molecule has 1 aromatic rings. The Bertz CT molecular complexity index is 254. The number of benzene rings is 1. The molecule has 0 aromatic heterocycles. The summed E-state index contributed by atoms with van der Waals surface area (Å²) in [6.45, 7) is 2.02. The zero-order chi connectivity index (χ0) is 8.27. The van der Waals surface area contributed by atoms with Crippen molar-refractivity contribution in [1.82, 2.24) is 0 Å². The fourth-order valence-corrected chi connectivity index (χ4v) is 0.877. The molecule has 0 aliphatic rings. The Balaban J connectivity index is 0.00000121. The minimum absolute atomic E-state index is 0. The zero-order valence-corrected chi connectivity index (χ0v) is 12.5. The van der Waals surface area contributed by atoms with Crippen molar-refractivity contribution in [3.05, 3.63) is 35.4 Å². The van der Waals surface area contributed by atoms with Crippen LogP contribution in [-0.4, -0.2) is 5.97 Å². The van der Waals surface area contributed by atoms with Crippen LogP contribution in [0.15, 0.2) is 24.3 Å². The van der Waals surface area contributed by atoms with E-state index < -0.39 is 5.97 Å². The molecule has 0 amide bonds. The molecule has 0 saturated heterocycles. The number of aromatic carboxylic acids is 1. The molecule has 1 rings (SSSR count). The van der Waals surface area contributed by atoms with E-state index in [1.165, 1.54) is 0 Å². The van der Waals surface area contributed by atoms with E-state index in [9.17, 15) is 9.90 Å². The second-order valence-corrected chi connectivity index (χ2v) is 2.34. The molecule has 0 N–H and O–H groups in total. The maximum atomic E-state index is 10.3. The third-order valence-corrected chi connectivity index (χ3v) is 1.60. The van der Waals surface area contributed by atoms with Gasteiger partial charge in [0.25, 0.3) is 0 Å². The molecule has 59 valence electrons. The van der Waals surface area contributed by atoms with Gasteiger partial charge in [-0.3, -0.25) is 0 Å². The molecule has 3 heteroatoms. The molecular weight excluding hydrogens is 341 g/mol. The van der Waals surface area contributed by atoms with Gasteiger partial charge in [0.05, 0.1) is 5.97 Å². The first-order valence-corrected chi connectivity index (χ1v) is 3.54. The number of carbonyl (C=O) groups excluding carboxylic acids is 1. The molecule has 0 aliphatic heterocycles. The van der Waals surface area contributed by atoms with Gasteiger partial charge in [0.1, 0.15) is 0 Å². The standard InChI is InChI=1S/C9H10O2.Hg/c1-2-7-3-5-8(6-4-7)9(10)11;/h3-6H,2H2,1H3,(H,10,11);/q;+1/p-1. The van der Waals surface area contributed by atoms with E-state index in [-0.39, 0.29) is 33.2 Å². The van der Waals surface area contributed by atoms with E-state index in [1.54, 1.807) is 24.3 Å². The molecule has 0 aliphatic carbocycles. The van der Waals surface area contributed by atoms with Gasteiger partial charge >= 0.3 is 27.7 Å². The van der Waals surface area contributed by atoms with Gasteiger partial charge in [-0.25, -0.2) is 0 Å². The van der Waals surface area contributed by atoms with Crippen molar-refractivity contribution in [1.29, 1.82) is 0 Å². The topological polar surface area (TPSA) is 40.1 Å². The van der Waals surface area contributed by atoms with Crippen LogP contribution in [0.1, 0.15) is 22.8 Å². The van der Waals surface area contributed by atoms with Crippen molar-refractivity contribution in [2.45, 2.75) is 13.3 Å². The second-order valence-electron chi connectivity index (χ2n) is 2.34. The normalized spacial score (nSPS) is 8.75. The minimum Gasteiger partial charge on any atom is -0.545 e. The van der Waals surface area contributed by atoms with Crippen molar-refractivity contribution in [2.24, 2.45) is 0 Å². The second kappa shape index (κ2) is 5.30. The molecule has 1 aromatic carbocycles. The van der Waals surface area contributed by atoms with Crippen molar-refractivity contribution < 1.29 is 37.6 Å². The molecule has 0 bridgehead atoms. The van der Waals surface area contributed by atoms with Crippen LogP contribution in [0.4, 0.5) is 0 Å². The number of hydrogen-bond acceptors (Lipinski definition) is 2. The van der Waals surface area contributed by atoms with E-state index in [2.05, 4.69) is 0 Å². The van der Waals surface area contributed by atoms with Crippen LogP contribution in [0.25, 0.3) is 0 Å². The van der Waals surface area contributed by atoms with Crippen LogP contribution < -0.4 is 5.11 Å². The molecule has 1 radical (unpaired) electrons. The van der Waals surface area contributed by atoms with Crippen molar-refractivity contribution in [2.75, 3.05) is 0 Å². The third kappa shape index (κ3) is 2.93. The molecule has 0 spiro atoms. The van der Waals surface area contributed by atoms with E-state index in [4.69, 9.17) is 0 Å². The SMILES string of the molecule is CCc1ccc(C(=O)[O-])cc1.[Hg+]. The summed E-state index contributed by atoms with van der Waals surface area (Å²) in [5.74, 6) is -1.12. The van der Waals surface area contributed by atoms with Gasteiger partial charge in [-0.1, -0.05) is 31.2 Å². The van der Waals surface area contributed by atoms with E-state index >= 15 is 0 Å². The number of rotatable bonds is 2. The van der Waals surface area contributed by atoms with Gasteiger partial charge in [0.15, 0.2) is 0 Å². The Hall–Kier alpha value is -0.375. The Kier molecular flexibility index (Phi) is 5.14. The van der Waals surface area contributed by atoms with E-state index in [1.807, 2.05) is 6.92 Å². The maximum absolute atomic E-state index is 10.3. The Morgan fingerprint density at radius 3 is 2.17 bits per heavy atom. The largest absolute Gasteiger partial charge is 1.00 e.